The molecule has 1 aromatic rings. The SMILES string of the molecule is C[Se]C(=O)c1cccc2c1CC(=O)N2. The van der Waals surface area contributed by atoms with Gasteiger partial charge < -0.3 is 0 Å². The minimum absolute atomic E-state index is 0.0242. The molecule has 0 radical (unpaired) electrons. The molecule has 14 heavy (non-hydrogen) atoms. The molecule has 0 aromatic heterocycles. The number of carbonyl (C=O) groups excluding carboxylic acids is 2. The first-order valence-corrected chi connectivity index (χ1v) is 6.79. The molecule has 0 saturated carbocycles. The molecule has 0 spiro atoms. The zero-order chi connectivity index (χ0) is 10.1. The molecule has 3 nitrogen and oxygen atoms in total. The summed E-state index contributed by atoms with van der Waals surface area (Å²) in [6.45, 7) is 0. The summed E-state index contributed by atoms with van der Waals surface area (Å²) >= 11 is -0.0409. The van der Waals surface area contributed by atoms with Crippen LogP contribution < -0.4 is 5.32 Å². The van der Waals surface area contributed by atoms with Crippen molar-refractivity contribution in [3.8, 4) is 0 Å². The Morgan fingerprint density at radius 2 is 2.29 bits per heavy atom. The van der Waals surface area contributed by atoms with Crippen molar-refractivity contribution in [3.05, 3.63) is 29.3 Å². The van der Waals surface area contributed by atoms with Crippen LogP contribution in [0.5, 0.6) is 0 Å². The van der Waals surface area contributed by atoms with Crippen LogP contribution in [-0.4, -0.2) is 25.5 Å². The quantitative estimate of drug-likeness (QED) is 0.802. The molecule has 1 aromatic carbocycles. The number of amides is 1. The van der Waals surface area contributed by atoms with E-state index in [-0.39, 0.29) is 25.5 Å². The van der Waals surface area contributed by atoms with Gasteiger partial charge in [0.1, 0.15) is 0 Å². The maximum absolute atomic E-state index is 11.6. The topological polar surface area (TPSA) is 46.2 Å². The van der Waals surface area contributed by atoms with Crippen LogP contribution in [0, 0.1) is 0 Å². The monoisotopic (exact) mass is 255 g/mol. The van der Waals surface area contributed by atoms with Crippen LogP contribution in [-0.2, 0) is 11.2 Å². The Morgan fingerprint density at radius 1 is 1.50 bits per heavy atom. The van der Waals surface area contributed by atoms with E-state index in [2.05, 4.69) is 5.32 Å². The first-order chi connectivity index (χ1) is 6.72. The Bertz CT molecular complexity index is 415. The summed E-state index contributed by atoms with van der Waals surface area (Å²) in [6, 6.07) is 5.44. The summed E-state index contributed by atoms with van der Waals surface area (Å²) in [5, 5.41) is 2.73. The molecule has 1 N–H and O–H groups in total. The molecule has 0 saturated heterocycles. The Kier molecular flexibility index (Phi) is 2.40. The number of carbonyl (C=O) groups is 2. The first-order valence-electron chi connectivity index (χ1n) is 4.22. The summed E-state index contributed by atoms with van der Waals surface area (Å²) < 4.78 is 0.158. The van der Waals surface area contributed by atoms with E-state index in [4.69, 9.17) is 0 Å². The van der Waals surface area contributed by atoms with Gasteiger partial charge in [0.25, 0.3) is 0 Å². The van der Waals surface area contributed by atoms with E-state index in [0.717, 1.165) is 11.3 Å². The van der Waals surface area contributed by atoms with E-state index in [1.807, 2.05) is 18.0 Å². The van der Waals surface area contributed by atoms with E-state index < -0.39 is 0 Å². The van der Waals surface area contributed by atoms with Gasteiger partial charge >= 0.3 is 87.7 Å². The summed E-state index contributed by atoms with van der Waals surface area (Å²) in [7, 11) is 0. The summed E-state index contributed by atoms with van der Waals surface area (Å²) in [6.07, 6.45) is 0.341. The van der Waals surface area contributed by atoms with Crippen molar-refractivity contribution in [1.29, 1.82) is 0 Å². The van der Waals surface area contributed by atoms with Crippen LogP contribution in [0.4, 0.5) is 5.69 Å². The second-order valence-electron chi connectivity index (χ2n) is 3.05. The standard InChI is InChI=1S/C10H9NO2Se/c1-14-10(13)6-3-2-4-8-7(6)5-9(12)11-8/h2-4H,5H2,1H3,(H,11,12). The third-order valence-corrected chi connectivity index (χ3v) is 3.43. The summed E-state index contributed by atoms with van der Waals surface area (Å²) in [5.74, 6) is 1.86. The van der Waals surface area contributed by atoms with Gasteiger partial charge in [-0.3, -0.25) is 0 Å². The predicted octanol–water partition coefficient (Wildman–Crippen LogP) is 1.07. The van der Waals surface area contributed by atoms with Gasteiger partial charge in [0.2, 0.25) is 0 Å². The van der Waals surface area contributed by atoms with Crippen LogP contribution in [0.2, 0.25) is 5.82 Å². The van der Waals surface area contributed by atoms with Crippen molar-refractivity contribution in [2.24, 2.45) is 0 Å². The zero-order valence-corrected chi connectivity index (χ0v) is 9.38. The predicted molar refractivity (Wildman–Crippen MR) is 54.7 cm³/mol. The molecular weight excluding hydrogens is 245 g/mol. The van der Waals surface area contributed by atoms with Crippen LogP contribution in [0.3, 0.4) is 0 Å². The van der Waals surface area contributed by atoms with Crippen LogP contribution >= 0.6 is 0 Å². The van der Waals surface area contributed by atoms with Gasteiger partial charge in [-0.1, -0.05) is 0 Å². The molecule has 0 bridgehead atoms. The summed E-state index contributed by atoms with van der Waals surface area (Å²) in [4.78, 5) is 22.7. The third-order valence-electron chi connectivity index (χ3n) is 2.19. The van der Waals surface area contributed by atoms with Gasteiger partial charge in [-0.2, -0.15) is 0 Å². The Balaban J connectivity index is 2.49. The molecule has 0 unspecified atom stereocenters. The van der Waals surface area contributed by atoms with E-state index in [1.54, 1.807) is 6.07 Å². The Morgan fingerprint density at radius 3 is 3.00 bits per heavy atom. The van der Waals surface area contributed by atoms with Crippen molar-refractivity contribution in [3.63, 3.8) is 0 Å². The molecule has 1 aliphatic rings. The van der Waals surface area contributed by atoms with E-state index >= 15 is 0 Å². The van der Waals surface area contributed by atoms with Gasteiger partial charge in [-0.05, 0) is 0 Å². The van der Waals surface area contributed by atoms with Crippen molar-refractivity contribution in [2.75, 3.05) is 5.32 Å². The van der Waals surface area contributed by atoms with Crippen LogP contribution in [0.25, 0.3) is 0 Å². The number of fused-ring (bicyclic) bond motifs is 1. The molecule has 72 valence electrons. The second-order valence-corrected chi connectivity index (χ2v) is 4.68. The fourth-order valence-electron chi connectivity index (χ4n) is 1.55. The normalized spacial score (nSPS) is 13.6. The number of anilines is 1. The fourth-order valence-corrected chi connectivity index (χ4v) is 2.41. The van der Waals surface area contributed by atoms with Crippen molar-refractivity contribution in [1.82, 2.24) is 0 Å². The van der Waals surface area contributed by atoms with E-state index in [0.29, 0.717) is 12.0 Å². The van der Waals surface area contributed by atoms with Gasteiger partial charge in [0.05, 0.1) is 0 Å². The van der Waals surface area contributed by atoms with Crippen LogP contribution in [0.15, 0.2) is 18.2 Å². The molecule has 1 amide bonds. The minimum atomic E-state index is -0.0409. The fraction of sp³-hybridized carbons (Fsp3) is 0.200. The Hall–Kier alpha value is -1.12. The third kappa shape index (κ3) is 1.47. The zero-order valence-electron chi connectivity index (χ0n) is 7.66. The van der Waals surface area contributed by atoms with Gasteiger partial charge in [-0.15, -0.1) is 0 Å². The van der Waals surface area contributed by atoms with E-state index in [9.17, 15) is 9.59 Å². The molecule has 0 fully saturated rings. The number of hydrogen-bond donors (Lipinski definition) is 1. The molecule has 1 heterocycles. The maximum atomic E-state index is 11.6. The van der Waals surface area contributed by atoms with Gasteiger partial charge in [0, 0.05) is 0 Å². The number of hydrogen-bond acceptors (Lipinski definition) is 2. The van der Waals surface area contributed by atoms with E-state index in [1.165, 1.54) is 0 Å². The molecular formula is C10H9NO2Se. The van der Waals surface area contributed by atoms with Gasteiger partial charge in [-0.25, -0.2) is 0 Å². The first kappa shape index (κ1) is 9.44. The van der Waals surface area contributed by atoms with Crippen molar-refractivity contribution >= 4 is 31.2 Å². The molecule has 0 atom stereocenters. The average Bonchev–Trinajstić information content (AvgIpc) is 2.56. The average molecular weight is 254 g/mol. The van der Waals surface area contributed by atoms with Crippen molar-refractivity contribution in [2.45, 2.75) is 12.2 Å². The number of benzene rings is 1. The molecule has 4 heteroatoms. The summed E-state index contributed by atoms with van der Waals surface area (Å²) in [5.41, 5.74) is 2.37. The van der Waals surface area contributed by atoms with Crippen molar-refractivity contribution < 1.29 is 9.59 Å². The number of nitrogens with one attached hydrogen (secondary N) is 1. The second kappa shape index (κ2) is 3.56. The number of rotatable bonds is 2. The molecule has 1 aliphatic heterocycles. The molecule has 0 aliphatic carbocycles. The van der Waals surface area contributed by atoms with Crippen LogP contribution in [0.1, 0.15) is 15.9 Å². The van der Waals surface area contributed by atoms with Gasteiger partial charge in [0.15, 0.2) is 0 Å². The molecule has 2 rings (SSSR count). The Labute approximate surface area is 88.0 Å².